The number of hydrogen-bond acceptors (Lipinski definition) is 14. The molecule has 0 spiro atoms. The maximum Gasteiger partial charge on any atom is 0.506 e. The molecular weight excluding hydrogens is 634 g/mol. The van der Waals surface area contributed by atoms with Crippen molar-refractivity contribution in [2.24, 2.45) is 5.73 Å². The Balaban J connectivity index is 1.59. The average molecular weight is 682 g/mol. The van der Waals surface area contributed by atoms with Gasteiger partial charge in [0.15, 0.2) is 18.2 Å². The van der Waals surface area contributed by atoms with E-state index in [0.29, 0.717) is 6.42 Å². The number of aliphatic hydroxyl groups excluding tert-OH is 4. The zero-order chi connectivity index (χ0) is 35.0. The van der Waals surface area contributed by atoms with Gasteiger partial charge in [-0.15, -0.1) is 0 Å². The first-order chi connectivity index (χ1) is 22.7. The van der Waals surface area contributed by atoms with Crippen molar-refractivity contribution in [3.05, 3.63) is 60.8 Å². The molecule has 0 aliphatic carbocycles. The quantitative estimate of drug-likeness (QED) is 0.158. The van der Waals surface area contributed by atoms with E-state index in [1.54, 1.807) is 56.4 Å². The number of cyclic esters (lactones) is 1. The van der Waals surface area contributed by atoms with Gasteiger partial charge in [0.2, 0.25) is 0 Å². The minimum Gasteiger partial charge on any atom is -0.459 e. The summed E-state index contributed by atoms with van der Waals surface area (Å²) in [5, 5.41) is 63.5. The molecule has 48 heavy (non-hydrogen) atoms. The molecule has 15 heteroatoms. The lowest BCUT2D eigenvalue weighted by Crippen LogP contribution is -2.62. The summed E-state index contributed by atoms with van der Waals surface area (Å²) in [7, 11) is 0. The average Bonchev–Trinajstić information content (AvgIpc) is 3.74. The van der Waals surface area contributed by atoms with Crippen LogP contribution < -0.4 is 5.73 Å². The summed E-state index contributed by atoms with van der Waals surface area (Å²) in [6, 6.07) is -1.08. The zero-order valence-corrected chi connectivity index (χ0v) is 26.8. The van der Waals surface area contributed by atoms with E-state index >= 15 is 0 Å². The van der Waals surface area contributed by atoms with Crippen LogP contribution in [0.1, 0.15) is 46.0 Å². The summed E-state index contributed by atoms with van der Waals surface area (Å²) in [6.45, 7) is 3.33. The number of epoxide rings is 1. The van der Waals surface area contributed by atoms with Gasteiger partial charge in [-0.3, -0.25) is 0 Å². The van der Waals surface area contributed by atoms with Crippen LogP contribution in [0.3, 0.4) is 0 Å². The van der Waals surface area contributed by atoms with Crippen LogP contribution in [0.25, 0.3) is 0 Å². The second-order valence-electron chi connectivity index (χ2n) is 12.6. The van der Waals surface area contributed by atoms with E-state index in [9.17, 15) is 40.2 Å². The van der Waals surface area contributed by atoms with Gasteiger partial charge in [-0.2, -0.15) is 0 Å². The van der Waals surface area contributed by atoms with E-state index < -0.39 is 97.7 Å². The molecule has 4 heterocycles. The Hall–Kier alpha value is -2.96. The second kappa shape index (κ2) is 17.1. The van der Waals surface area contributed by atoms with Gasteiger partial charge < -0.3 is 64.8 Å². The van der Waals surface area contributed by atoms with Crippen LogP contribution in [0.5, 0.6) is 0 Å². The molecule has 4 rings (SSSR count). The number of nitrogens with two attached hydrogens (primary N) is 1. The highest BCUT2D eigenvalue weighted by Gasteiger charge is 2.50. The Bertz CT molecular complexity index is 1240. The third-order valence-electron chi connectivity index (χ3n) is 8.46. The Labute approximate surface area is 278 Å². The van der Waals surface area contributed by atoms with Gasteiger partial charge >= 0.3 is 12.1 Å². The fourth-order valence-electron chi connectivity index (χ4n) is 5.92. The van der Waals surface area contributed by atoms with Crippen LogP contribution >= 0.6 is 0 Å². The summed E-state index contributed by atoms with van der Waals surface area (Å²) in [5.41, 5.74) is 5.98. The lowest BCUT2D eigenvalue weighted by atomic mass is 9.88. The van der Waals surface area contributed by atoms with Crippen LogP contribution in [0.2, 0.25) is 0 Å². The van der Waals surface area contributed by atoms with E-state index in [2.05, 4.69) is 0 Å². The van der Waals surface area contributed by atoms with Gasteiger partial charge in [-0.25, -0.2) is 9.59 Å². The van der Waals surface area contributed by atoms with Gasteiger partial charge in [-0.05, 0) is 19.9 Å². The maximum absolute atomic E-state index is 12.2. The molecule has 0 amide bonds. The molecule has 0 radical (unpaired) electrons. The van der Waals surface area contributed by atoms with E-state index in [4.69, 9.17) is 34.2 Å². The standard InChI is InChI=1S/C33H47NO14/c1-18-10-8-6-4-3-5-7-9-11-21(45-31-29(39)27(34)28(38)19(2)44-31)15-25-30(47-32(40)41)22(36)17-33(42,48-25)16-20(35)14-24-23(46-24)12-13-26(37)43-18/h3-9,11-13,18-25,27-31,35-36,38-39,42H,10,14-17,34H2,1-2H3,(H,40,41)/b4-3+,7-5+,8-6+,11-9+,13-12+/t18-,19-,20+,21+,22+,23-,24-,25+,27+,28-,29+,30-,31+,33-/m1/s1. The summed E-state index contributed by atoms with van der Waals surface area (Å²) in [5.74, 6) is -2.64. The first-order valence-corrected chi connectivity index (χ1v) is 16.0. The minimum atomic E-state index is -2.11. The molecule has 0 aromatic carbocycles. The molecule has 3 fully saturated rings. The first-order valence-electron chi connectivity index (χ1n) is 16.0. The molecule has 0 aromatic heterocycles. The molecule has 2 bridgehead atoms. The predicted octanol–water partition coefficient (Wildman–Crippen LogP) is 0.482. The summed E-state index contributed by atoms with van der Waals surface area (Å²) < 4.78 is 33.5. The van der Waals surface area contributed by atoms with Crippen LogP contribution in [0, 0.1) is 0 Å². The van der Waals surface area contributed by atoms with Crippen molar-refractivity contribution in [1.29, 1.82) is 0 Å². The summed E-state index contributed by atoms with van der Waals surface area (Å²) >= 11 is 0. The molecule has 14 atom stereocenters. The molecule has 0 saturated carbocycles. The van der Waals surface area contributed by atoms with Crippen LogP contribution in [0.15, 0.2) is 60.8 Å². The number of carbonyl (C=O) groups is 2. The lowest BCUT2D eigenvalue weighted by molar-refractivity contribution is -0.318. The van der Waals surface area contributed by atoms with Gasteiger partial charge in [0.25, 0.3) is 0 Å². The third-order valence-corrected chi connectivity index (χ3v) is 8.46. The number of esters is 1. The smallest absolute Gasteiger partial charge is 0.459 e. The normalized spacial score (nSPS) is 46.4. The van der Waals surface area contributed by atoms with E-state index in [1.165, 1.54) is 12.2 Å². The minimum absolute atomic E-state index is 0.0717. The SMILES string of the molecule is C[C@@H]1C/C=C/C=C/C=C/C=C/[C@H](O[C@@H]2O[C@H](C)[C@@H](O)[C@H](N)[C@@H]2O)C[C@@H]2O[C@](O)(C[C@@H](O)C[C@H]3O[C@@H]3/C=C/C(=O)O1)C[C@H](O)[C@H]2OC(=O)O. The number of rotatable bonds is 3. The summed E-state index contributed by atoms with van der Waals surface area (Å²) in [6.07, 6.45) is 2.02. The van der Waals surface area contributed by atoms with Gasteiger partial charge in [0, 0.05) is 38.2 Å². The number of ether oxygens (including phenoxy) is 6. The van der Waals surface area contributed by atoms with E-state index in [-0.39, 0.29) is 25.4 Å². The first kappa shape index (κ1) is 37.9. The highest BCUT2D eigenvalue weighted by molar-refractivity contribution is 5.82. The van der Waals surface area contributed by atoms with Crippen molar-refractivity contribution in [2.75, 3.05) is 0 Å². The number of carbonyl (C=O) groups excluding carboxylic acids is 1. The topological polar surface area (TPSA) is 240 Å². The predicted molar refractivity (Wildman–Crippen MR) is 167 cm³/mol. The van der Waals surface area contributed by atoms with E-state index in [1.807, 2.05) is 6.08 Å². The largest absolute Gasteiger partial charge is 0.506 e. The number of allylic oxidation sites excluding steroid dienone is 6. The van der Waals surface area contributed by atoms with E-state index in [0.717, 1.165) is 0 Å². The monoisotopic (exact) mass is 681 g/mol. The number of aliphatic hydroxyl groups is 5. The Kier molecular flexibility index (Phi) is 13.5. The van der Waals surface area contributed by atoms with Gasteiger partial charge in [0.1, 0.15) is 24.4 Å². The zero-order valence-electron chi connectivity index (χ0n) is 26.8. The van der Waals surface area contributed by atoms with Crippen molar-refractivity contribution in [2.45, 2.75) is 131 Å². The molecule has 3 saturated heterocycles. The van der Waals surface area contributed by atoms with Crippen molar-refractivity contribution < 1.29 is 68.6 Å². The van der Waals surface area contributed by atoms with Gasteiger partial charge in [-0.1, -0.05) is 48.6 Å². The lowest BCUT2D eigenvalue weighted by Gasteiger charge is -2.45. The fraction of sp³-hybridized carbons (Fsp3) is 0.636. The highest BCUT2D eigenvalue weighted by atomic mass is 16.7. The number of carboxylic acid groups (broad SMARTS) is 1. The van der Waals surface area contributed by atoms with Crippen molar-refractivity contribution in [1.82, 2.24) is 0 Å². The Morgan fingerprint density at radius 3 is 2.38 bits per heavy atom. The Morgan fingerprint density at radius 1 is 0.938 bits per heavy atom. The molecular formula is C33H47NO14. The summed E-state index contributed by atoms with van der Waals surface area (Å²) in [4.78, 5) is 23.7. The van der Waals surface area contributed by atoms with Crippen LogP contribution in [0.4, 0.5) is 4.79 Å². The van der Waals surface area contributed by atoms with Crippen molar-refractivity contribution in [3.63, 3.8) is 0 Å². The van der Waals surface area contributed by atoms with Crippen LogP contribution in [-0.4, -0.2) is 128 Å². The fourth-order valence-corrected chi connectivity index (χ4v) is 5.92. The third kappa shape index (κ3) is 11.0. The Morgan fingerprint density at radius 2 is 1.65 bits per heavy atom. The highest BCUT2D eigenvalue weighted by Crippen LogP contribution is 2.37. The number of hydrogen-bond donors (Lipinski definition) is 7. The maximum atomic E-state index is 12.2. The molecule has 4 aliphatic heterocycles. The van der Waals surface area contributed by atoms with Crippen LogP contribution in [-0.2, 0) is 33.2 Å². The second-order valence-corrected chi connectivity index (χ2v) is 12.6. The molecule has 0 aromatic rings. The van der Waals surface area contributed by atoms with Gasteiger partial charge in [0.05, 0.1) is 42.7 Å². The molecule has 15 nitrogen and oxygen atoms in total. The van der Waals surface area contributed by atoms with Crippen molar-refractivity contribution in [3.8, 4) is 0 Å². The molecule has 8 N–H and O–H groups in total. The molecule has 268 valence electrons. The molecule has 0 unspecified atom stereocenters. The number of fused-ring (bicyclic) bond motifs is 3. The molecule has 4 aliphatic rings. The van der Waals surface area contributed by atoms with Crippen molar-refractivity contribution >= 4 is 12.1 Å².